The van der Waals surface area contributed by atoms with Crippen LogP contribution in [0.3, 0.4) is 0 Å². The third-order valence-corrected chi connectivity index (χ3v) is 3.78. The maximum absolute atomic E-state index is 4.64. The Labute approximate surface area is 108 Å². The second kappa shape index (κ2) is 4.56. The highest BCUT2D eigenvalue weighted by Crippen LogP contribution is 2.23. The van der Waals surface area contributed by atoms with Crippen LogP contribution in [0.2, 0.25) is 0 Å². The summed E-state index contributed by atoms with van der Waals surface area (Å²) >= 11 is 0. The summed E-state index contributed by atoms with van der Waals surface area (Å²) < 4.78 is 0. The third kappa shape index (κ3) is 2.05. The summed E-state index contributed by atoms with van der Waals surface area (Å²) in [7, 11) is 0. The van der Waals surface area contributed by atoms with Crippen molar-refractivity contribution in [2.24, 2.45) is 0 Å². The van der Waals surface area contributed by atoms with Crippen LogP contribution in [0.1, 0.15) is 30.7 Å². The van der Waals surface area contributed by atoms with Crippen LogP contribution >= 0.6 is 0 Å². The summed E-state index contributed by atoms with van der Waals surface area (Å²) in [6.45, 7) is 6.38. The molecule has 18 heavy (non-hydrogen) atoms. The smallest absolute Gasteiger partial charge is 0.0910 e. The molecule has 0 radical (unpaired) electrons. The molecule has 1 aromatic heterocycles. The Kier molecular flexibility index (Phi) is 2.90. The van der Waals surface area contributed by atoms with Crippen LogP contribution < -0.4 is 4.90 Å². The van der Waals surface area contributed by atoms with E-state index in [2.05, 4.69) is 33.1 Å². The van der Waals surface area contributed by atoms with Gasteiger partial charge in [-0.05, 0) is 51.3 Å². The number of piperidine rings is 1. The summed E-state index contributed by atoms with van der Waals surface area (Å²) in [5.41, 5.74) is 5.35. The molecule has 2 heterocycles. The van der Waals surface area contributed by atoms with E-state index in [4.69, 9.17) is 0 Å². The van der Waals surface area contributed by atoms with Gasteiger partial charge in [0.1, 0.15) is 0 Å². The Morgan fingerprint density at radius 3 is 2.28 bits per heavy atom. The van der Waals surface area contributed by atoms with Crippen LogP contribution in [0.4, 0.5) is 5.69 Å². The molecule has 3 rings (SSSR count). The van der Waals surface area contributed by atoms with Gasteiger partial charge in [-0.25, -0.2) is 9.97 Å². The molecule has 1 fully saturated rings. The van der Waals surface area contributed by atoms with Gasteiger partial charge in [0, 0.05) is 18.8 Å². The van der Waals surface area contributed by atoms with Crippen LogP contribution in [0, 0.1) is 13.8 Å². The Morgan fingerprint density at radius 2 is 1.56 bits per heavy atom. The van der Waals surface area contributed by atoms with Crippen molar-refractivity contribution in [2.75, 3.05) is 18.0 Å². The van der Waals surface area contributed by atoms with Gasteiger partial charge in [-0.3, -0.25) is 0 Å². The number of hydrogen-bond acceptors (Lipinski definition) is 3. The number of nitrogens with zero attached hydrogens (tertiary/aromatic N) is 3. The lowest BCUT2D eigenvalue weighted by Crippen LogP contribution is -2.29. The molecule has 94 valence electrons. The van der Waals surface area contributed by atoms with Gasteiger partial charge in [-0.2, -0.15) is 0 Å². The fourth-order valence-electron chi connectivity index (χ4n) is 2.57. The number of fused-ring (bicyclic) bond motifs is 1. The van der Waals surface area contributed by atoms with Gasteiger partial charge < -0.3 is 4.90 Å². The summed E-state index contributed by atoms with van der Waals surface area (Å²) in [6.07, 6.45) is 3.97. The SMILES string of the molecule is Cc1nc2ccc(N3CCCCC3)cc2nc1C. The van der Waals surface area contributed by atoms with Crippen molar-refractivity contribution >= 4 is 16.7 Å². The van der Waals surface area contributed by atoms with Crippen LogP contribution in [0.5, 0.6) is 0 Å². The molecule has 0 saturated carbocycles. The summed E-state index contributed by atoms with van der Waals surface area (Å²) in [6, 6.07) is 6.45. The normalized spacial score (nSPS) is 16.2. The van der Waals surface area contributed by atoms with Gasteiger partial charge in [-0.15, -0.1) is 0 Å². The topological polar surface area (TPSA) is 29.0 Å². The number of anilines is 1. The van der Waals surface area contributed by atoms with Gasteiger partial charge in [0.25, 0.3) is 0 Å². The number of hydrogen-bond donors (Lipinski definition) is 0. The maximum Gasteiger partial charge on any atom is 0.0910 e. The molecule has 1 aromatic carbocycles. The quantitative estimate of drug-likeness (QED) is 0.767. The van der Waals surface area contributed by atoms with Gasteiger partial charge in [0.05, 0.1) is 22.4 Å². The fourth-order valence-corrected chi connectivity index (χ4v) is 2.57. The molecule has 1 saturated heterocycles. The predicted octanol–water partition coefficient (Wildman–Crippen LogP) is 3.24. The van der Waals surface area contributed by atoms with Crippen molar-refractivity contribution in [1.29, 1.82) is 0 Å². The Bertz CT molecular complexity index is 571. The first-order valence-corrected chi connectivity index (χ1v) is 6.74. The molecular weight excluding hydrogens is 222 g/mol. The Balaban J connectivity index is 2.02. The van der Waals surface area contributed by atoms with E-state index in [9.17, 15) is 0 Å². The minimum Gasteiger partial charge on any atom is -0.371 e. The molecule has 1 aliphatic heterocycles. The van der Waals surface area contributed by atoms with Crippen molar-refractivity contribution in [3.8, 4) is 0 Å². The zero-order valence-corrected chi connectivity index (χ0v) is 11.1. The van der Waals surface area contributed by atoms with Gasteiger partial charge in [0.15, 0.2) is 0 Å². The van der Waals surface area contributed by atoms with E-state index in [0.717, 1.165) is 22.4 Å². The minimum atomic E-state index is 0.999. The first-order valence-electron chi connectivity index (χ1n) is 6.74. The van der Waals surface area contributed by atoms with Crippen LogP contribution in [-0.2, 0) is 0 Å². The zero-order chi connectivity index (χ0) is 12.5. The minimum absolute atomic E-state index is 0.999. The van der Waals surface area contributed by atoms with E-state index < -0.39 is 0 Å². The van der Waals surface area contributed by atoms with E-state index in [1.165, 1.54) is 38.0 Å². The average molecular weight is 241 g/mol. The number of aromatic nitrogens is 2. The highest BCUT2D eigenvalue weighted by atomic mass is 15.1. The number of benzene rings is 1. The summed E-state index contributed by atoms with van der Waals surface area (Å²) in [5.74, 6) is 0. The van der Waals surface area contributed by atoms with E-state index in [1.807, 2.05) is 13.8 Å². The van der Waals surface area contributed by atoms with Gasteiger partial charge in [-0.1, -0.05) is 0 Å². The second-order valence-electron chi connectivity index (χ2n) is 5.12. The lowest BCUT2D eigenvalue weighted by Gasteiger charge is -2.28. The maximum atomic E-state index is 4.64. The Hall–Kier alpha value is -1.64. The molecule has 0 unspecified atom stereocenters. The molecule has 3 heteroatoms. The van der Waals surface area contributed by atoms with Crippen LogP contribution in [0.15, 0.2) is 18.2 Å². The molecule has 0 aliphatic carbocycles. The van der Waals surface area contributed by atoms with E-state index in [-0.39, 0.29) is 0 Å². The largest absolute Gasteiger partial charge is 0.371 e. The molecule has 0 atom stereocenters. The van der Waals surface area contributed by atoms with Crippen molar-refractivity contribution in [1.82, 2.24) is 9.97 Å². The fraction of sp³-hybridized carbons (Fsp3) is 0.467. The van der Waals surface area contributed by atoms with Crippen molar-refractivity contribution in [3.63, 3.8) is 0 Å². The summed E-state index contributed by atoms with van der Waals surface area (Å²) in [4.78, 5) is 11.7. The van der Waals surface area contributed by atoms with Crippen molar-refractivity contribution in [3.05, 3.63) is 29.6 Å². The molecule has 0 bridgehead atoms. The highest BCUT2D eigenvalue weighted by molar-refractivity contribution is 5.79. The Morgan fingerprint density at radius 1 is 0.889 bits per heavy atom. The molecule has 0 amide bonds. The third-order valence-electron chi connectivity index (χ3n) is 3.78. The summed E-state index contributed by atoms with van der Waals surface area (Å²) in [5, 5.41) is 0. The van der Waals surface area contributed by atoms with E-state index >= 15 is 0 Å². The van der Waals surface area contributed by atoms with Gasteiger partial charge in [0.2, 0.25) is 0 Å². The first kappa shape index (κ1) is 11.5. The van der Waals surface area contributed by atoms with Crippen LogP contribution in [-0.4, -0.2) is 23.1 Å². The molecule has 0 N–H and O–H groups in total. The number of rotatable bonds is 1. The van der Waals surface area contributed by atoms with E-state index in [0.29, 0.717) is 0 Å². The highest BCUT2D eigenvalue weighted by Gasteiger charge is 2.12. The predicted molar refractivity (Wildman–Crippen MR) is 75.1 cm³/mol. The lowest BCUT2D eigenvalue weighted by atomic mass is 10.1. The zero-order valence-electron chi connectivity index (χ0n) is 11.1. The van der Waals surface area contributed by atoms with E-state index in [1.54, 1.807) is 0 Å². The van der Waals surface area contributed by atoms with Crippen molar-refractivity contribution < 1.29 is 0 Å². The molecule has 1 aliphatic rings. The van der Waals surface area contributed by atoms with Crippen LogP contribution in [0.25, 0.3) is 11.0 Å². The first-order chi connectivity index (χ1) is 8.74. The lowest BCUT2D eigenvalue weighted by molar-refractivity contribution is 0.578. The molecule has 2 aromatic rings. The number of aryl methyl sites for hydroxylation is 2. The second-order valence-corrected chi connectivity index (χ2v) is 5.12. The molecule has 0 spiro atoms. The standard InChI is InChI=1S/C15H19N3/c1-11-12(2)17-15-10-13(6-7-14(15)16-11)18-8-4-3-5-9-18/h6-7,10H,3-5,8-9H2,1-2H3. The monoisotopic (exact) mass is 241 g/mol. The van der Waals surface area contributed by atoms with Gasteiger partial charge >= 0.3 is 0 Å². The average Bonchev–Trinajstić information content (AvgIpc) is 2.41. The van der Waals surface area contributed by atoms with Crippen molar-refractivity contribution in [2.45, 2.75) is 33.1 Å². The molecule has 3 nitrogen and oxygen atoms in total. The molecular formula is C15H19N3.